The maximum Gasteiger partial charge on any atom is 0.225 e. The van der Waals surface area contributed by atoms with Gasteiger partial charge in [-0.05, 0) is 39.2 Å². The van der Waals surface area contributed by atoms with Gasteiger partial charge in [-0.1, -0.05) is 30.3 Å². The van der Waals surface area contributed by atoms with E-state index in [1.54, 1.807) is 0 Å². The molecule has 0 aliphatic carbocycles. The van der Waals surface area contributed by atoms with Crippen molar-refractivity contribution < 1.29 is 4.79 Å². The lowest BCUT2D eigenvalue weighted by atomic mass is 9.96. The minimum Gasteiger partial charge on any atom is -0.351 e. The molecular formula is C20H26N4O. The standard InChI is InChI=1S/C20H26N4O/c1-20(2,3)23-18(25)16-10-7-11-24(14-16)19-21-12-17(13-22-19)15-8-5-4-6-9-15/h4-6,8-9,12-13,16H,7,10-11,14H2,1-3H3,(H,23,25)/t16-/m0/s1. The number of piperidine rings is 1. The summed E-state index contributed by atoms with van der Waals surface area (Å²) in [6.45, 7) is 7.60. The van der Waals surface area contributed by atoms with E-state index in [4.69, 9.17) is 0 Å². The molecule has 5 nitrogen and oxygen atoms in total. The molecule has 3 rings (SSSR count). The lowest BCUT2D eigenvalue weighted by Gasteiger charge is -2.33. The van der Waals surface area contributed by atoms with Gasteiger partial charge in [-0.15, -0.1) is 0 Å². The number of nitrogens with zero attached hydrogens (tertiary/aromatic N) is 3. The normalized spacial score (nSPS) is 18.0. The highest BCUT2D eigenvalue weighted by molar-refractivity contribution is 5.80. The monoisotopic (exact) mass is 338 g/mol. The summed E-state index contributed by atoms with van der Waals surface area (Å²) in [7, 11) is 0. The second kappa shape index (κ2) is 7.21. The number of nitrogens with one attached hydrogen (secondary N) is 1. The zero-order valence-corrected chi connectivity index (χ0v) is 15.2. The van der Waals surface area contributed by atoms with E-state index in [2.05, 4.69) is 20.2 Å². The van der Waals surface area contributed by atoms with Gasteiger partial charge in [-0.3, -0.25) is 4.79 Å². The highest BCUT2D eigenvalue weighted by Crippen LogP contribution is 2.23. The Bertz CT molecular complexity index is 707. The molecule has 5 heteroatoms. The fourth-order valence-corrected chi connectivity index (χ4v) is 3.11. The zero-order valence-electron chi connectivity index (χ0n) is 15.2. The molecule has 0 bridgehead atoms. The molecule has 1 fully saturated rings. The molecule has 1 amide bonds. The number of carbonyl (C=O) groups is 1. The van der Waals surface area contributed by atoms with Gasteiger partial charge in [0.15, 0.2) is 0 Å². The largest absolute Gasteiger partial charge is 0.351 e. The summed E-state index contributed by atoms with van der Waals surface area (Å²) in [4.78, 5) is 23.6. The van der Waals surface area contributed by atoms with Gasteiger partial charge in [-0.25, -0.2) is 9.97 Å². The number of anilines is 1. The van der Waals surface area contributed by atoms with Crippen molar-refractivity contribution in [3.8, 4) is 11.1 Å². The molecule has 0 unspecified atom stereocenters. The van der Waals surface area contributed by atoms with Crippen LogP contribution < -0.4 is 10.2 Å². The Morgan fingerprint density at radius 3 is 2.44 bits per heavy atom. The number of hydrogen-bond acceptors (Lipinski definition) is 4. The lowest BCUT2D eigenvalue weighted by Crippen LogP contribution is -2.49. The molecule has 1 aliphatic heterocycles. The summed E-state index contributed by atoms with van der Waals surface area (Å²) in [6.07, 6.45) is 5.61. The molecule has 25 heavy (non-hydrogen) atoms. The third kappa shape index (κ3) is 4.56. The molecule has 2 heterocycles. The Morgan fingerprint density at radius 2 is 1.80 bits per heavy atom. The SMILES string of the molecule is CC(C)(C)NC(=O)[C@H]1CCCN(c2ncc(-c3ccccc3)cn2)C1. The smallest absolute Gasteiger partial charge is 0.225 e. The van der Waals surface area contributed by atoms with E-state index in [1.165, 1.54) is 0 Å². The summed E-state index contributed by atoms with van der Waals surface area (Å²) in [5, 5.41) is 3.09. The first-order chi connectivity index (χ1) is 11.9. The van der Waals surface area contributed by atoms with Crippen molar-refractivity contribution in [1.82, 2.24) is 15.3 Å². The number of amides is 1. The van der Waals surface area contributed by atoms with E-state index < -0.39 is 0 Å². The second-order valence-corrected chi connectivity index (χ2v) is 7.66. The van der Waals surface area contributed by atoms with Gasteiger partial charge in [0.05, 0.1) is 5.92 Å². The molecular weight excluding hydrogens is 312 g/mol. The Kier molecular flexibility index (Phi) is 5.02. The minimum absolute atomic E-state index is 0.00891. The van der Waals surface area contributed by atoms with Crippen molar-refractivity contribution in [2.75, 3.05) is 18.0 Å². The molecule has 0 spiro atoms. The van der Waals surface area contributed by atoms with E-state index in [9.17, 15) is 4.79 Å². The van der Waals surface area contributed by atoms with Crippen LogP contribution in [-0.4, -0.2) is 34.5 Å². The van der Waals surface area contributed by atoms with Gasteiger partial charge in [0.1, 0.15) is 0 Å². The Balaban J connectivity index is 1.68. The Hall–Kier alpha value is -2.43. The van der Waals surface area contributed by atoms with Crippen LogP contribution in [0, 0.1) is 5.92 Å². The zero-order chi connectivity index (χ0) is 17.9. The summed E-state index contributed by atoms with van der Waals surface area (Å²) in [6, 6.07) is 10.1. The number of rotatable bonds is 3. The fourth-order valence-electron chi connectivity index (χ4n) is 3.11. The quantitative estimate of drug-likeness (QED) is 0.933. The first-order valence-corrected chi connectivity index (χ1v) is 8.87. The van der Waals surface area contributed by atoms with Gasteiger partial charge < -0.3 is 10.2 Å². The summed E-state index contributed by atoms with van der Waals surface area (Å²) < 4.78 is 0. The fraction of sp³-hybridized carbons (Fsp3) is 0.450. The van der Waals surface area contributed by atoms with Crippen LogP contribution in [0.4, 0.5) is 5.95 Å². The third-order valence-electron chi connectivity index (χ3n) is 4.32. The predicted molar refractivity (Wildman–Crippen MR) is 100 cm³/mol. The molecule has 1 aliphatic rings. The maximum absolute atomic E-state index is 12.5. The molecule has 1 aromatic heterocycles. The predicted octanol–water partition coefficient (Wildman–Crippen LogP) is 3.27. The molecule has 1 atom stereocenters. The van der Waals surface area contributed by atoms with Crippen LogP contribution in [0.5, 0.6) is 0 Å². The number of carbonyl (C=O) groups excluding carboxylic acids is 1. The average molecular weight is 338 g/mol. The maximum atomic E-state index is 12.5. The van der Waals surface area contributed by atoms with Crippen LogP contribution in [0.1, 0.15) is 33.6 Å². The van der Waals surface area contributed by atoms with Crippen LogP contribution >= 0.6 is 0 Å². The lowest BCUT2D eigenvalue weighted by molar-refractivity contribution is -0.126. The molecule has 1 aromatic carbocycles. The Morgan fingerprint density at radius 1 is 1.12 bits per heavy atom. The van der Waals surface area contributed by atoms with E-state index in [1.807, 2.05) is 63.5 Å². The van der Waals surface area contributed by atoms with Gasteiger partial charge in [-0.2, -0.15) is 0 Å². The van der Waals surface area contributed by atoms with Crippen molar-refractivity contribution in [2.45, 2.75) is 39.2 Å². The topological polar surface area (TPSA) is 58.1 Å². The van der Waals surface area contributed by atoms with Crippen molar-refractivity contribution in [1.29, 1.82) is 0 Å². The number of hydrogen-bond donors (Lipinski definition) is 1. The molecule has 2 aromatic rings. The molecule has 0 saturated carbocycles. The van der Waals surface area contributed by atoms with Crippen molar-refractivity contribution in [3.63, 3.8) is 0 Å². The molecule has 1 saturated heterocycles. The van der Waals surface area contributed by atoms with Gasteiger partial charge in [0.2, 0.25) is 11.9 Å². The van der Waals surface area contributed by atoms with E-state index in [0.717, 1.165) is 30.5 Å². The van der Waals surface area contributed by atoms with Crippen molar-refractivity contribution in [2.24, 2.45) is 5.92 Å². The van der Waals surface area contributed by atoms with E-state index >= 15 is 0 Å². The van der Waals surface area contributed by atoms with E-state index in [-0.39, 0.29) is 17.4 Å². The summed E-state index contributed by atoms with van der Waals surface area (Å²) in [5.41, 5.74) is 1.91. The molecule has 0 radical (unpaired) electrons. The highest BCUT2D eigenvalue weighted by atomic mass is 16.2. The highest BCUT2D eigenvalue weighted by Gasteiger charge is 2.29. The van der Waals surface area contributed by atoms with Crippen LogP contribution in [0.15, 0.2) is 42.7 Å². The third-order valence-corrected chi connectivity index (χ3v) is 4.32. The van der Waals surface area contributed by atoms with Crippen LogP contribution in [0.2, 0.25) is 0 Å². The second-order valence-electron chi connectivity index (χ2n) is 7.66. The first-order valence-electron chi connectivity index (χ1n) is 8.87. The van der Waals surface area contributed by atoms with Gasteiger partial charge >= 0.3 is 0 Å². The number of benzene rings is 1. The van der Waals surface area contributed by atoms with Crippen molar-refractivity contribution >= 4 is 11.9 Å². The van der Waals surface area contributed by atoms with Gasteiger partial charge in [0, 0.05) is 36.6 Å². The molecule has 1 N–H and O–H groups in total. The van der Waals surface area contributed by atoms with Gasteiger partial charge in [0.25, 0.3) is 0 Å². The van der Waals surface area contributed by atoms with Crippen LogP contribution in [0.3, 0.4) is 0 Å². The summed E-state index contributed by atoms with van der Waals surface area (Å²) >= 11 is 0. The summed E-state index contributed by atoms with van der Waals surface area (Å²) in [5.74, 6) is 0.816. The Labute approximate surface area is 149 Å². The van der Waals surface area contributed by atoms with E-state index in [0.29, 0.717) is 12.5 Å². The van der Waals surface area contributed by atoms with Crippen LogP contribution in [0.25, 0.3) is 11.1 Å². The minimum atomic E-state index is -0.201. The average Bonchev–Trinajstić information content (AvgIpc) is 2.61. The van der Waals surface area contributed by atoms with Crippen LogP contribution in [-0.2, 0) is 4.79 Å². The number of aromatic nitrogens is 2. The molecule has 132 valence electrons. The van der Waals surface area contributed by atoms with Crippen molar-refractivity contribution in [3.05, 3.63) is 42.7 Å². The first kappa shape index (κ1) is 17.4.